The van der Waals surface area contributed by atoms with Gasteiger partial charge in [0.1, 0.15) is 11.6 Å². The number of amides is 1. The monoisotopic (exact) mass is 380 g/mol. The van der Waals surface area contributed by atoms with Crippen LogP contribution in [-0.4, -0.2) is 36.9 Å². The van der Waals surface area contributed by atoms with Crippen LogP contribution in [0.1, 0.15) is 52.0 Å². The summed E-state index contributed by atoms with van der Waals surface area (Å²) in [7, 11) is 4.05. The van der Waals surface area contributed by atoms with E-state index in [2.05, 4.69) is 47.1 Å². The normalized spacial score (nSPS) is 12.4. The SMILES string of the molecule is CN(C)c1ccc(CCCCC[C@H](NC(=O)OC(C)(C)C)C(=O)S)cc1. The van der Waals surface area contributed by atoms with Gasteiger partial charge in [0.15, 0.2) is 0 Å². The molecule has 0 saturated heterocycles. The number of anilines is 1. The van der Waals surface area contributed by atoms with Crippen molar-refractivity contribution in [1.82, 2.24) is 5.32 Å². The molecule has 0 bridgehead atoms. The largest absolute Gasteiger partial charge is 0.444 e. The molecule has 0 unspecified atom stereocenters. The fraction of sp³-hybridized carbons (Fsp3) is 0.600. The minimum Gasteiger partial charge on any atom is -0.444 e. The summed E-state index contributed by atoms with van der Waals surface area (Å²) in [4.78, 5) is 25.5. The molecule has 1 aromatic carbocycles. The number of carbonyl (C=O) groups is 2. The first-order valence-electron chi connectivity index (χ1n) is 9.07. The topological polar surface area (TPSA) is 58.6 Å². The number of hydrogen-bond donors (Lipinski definition) is 2. The van der Waals surface area contributed by atoms with Gasteiger partial charge in [-0.2, -0.15) is 0 Å². The molecule has 0 aliphatic rings. The number of hydrogen-bond acceptors (Lipinski definition) is 4. The lowest BCUT2D eigenvalue weighted by molar-refractivity contribution is -0.112. The van der Waals surface area contributed by atoms with Crippen LogP contribution in [0.3, 0.4) is 0 Å². The molecule has 1 N–H and O–H groups in total. The van der Waals surface area contributed by atoms with Crippen molar-refractivity contribution in [1.29, 1.82) is 0 Å². The molecule has 1 atom stereocenters. The minimum atomic E-state index is -0.604. The van der Waals surface area contributed by atoms with Gasteiger partial charge in [-0.3, -0.25) is 4.79 Å². The van der Waals surface area contributed by atoms with Crippen LogP contribution in [0.4, 0.5) is 10.5 Å². The number of ether oxygens (including phenoxy) is 1. The van der Waals surface area contributed by atoms with E-state index in [1.807, 2.05) is 14.1 Å². The molecule has 0 radical (unpaired) electrons. The molecule has 1 amide bonds. The number of rotatable bonds is 9. The van der Waals surface area contributed by atoms with Gasteiger partial charge in [0, 0.05) is 19.8 Å². The highest BCUT2D eigenvalue weighted by Crippen LogP contribution is 2.15. The van der Waals surface area contributed by atoms with Crippen molar-refractivity contribution >= 4 is 29.5 Å². The maximum atomic E-state index is 11.8. The first-order chi connectivity index (χ1) is 12.1. The lowest BCUT2D eigenvalue weighted by Gasteiger charge is -2.22. The van der Waals surface area contributed by atoms with Gasteiger partial charge in [-0.15, -0.1) is 12.6 Å². The Bertz CT molecular complexity index is 580. The summed E-state index contributed by atoms with van der Waals surface area (Å²) in [5.41, 5.74) is 1.91. The van der Waals surface area contributed by atoms with Gasteiger partial charge in [-0.1, -0.05) is 25.0 Å². The van der Waals surface area contributed by atoms with Gasteiger partial charge in [0.2, 0.25) is 5.12 Å². The maximum Gasteiger partial charge on any atom is 0.408 e. The molecule has 146 valence electrons. The molecular weight excluding hydrogens is 348 g/mol. The summed E-state index contributed by atoms with van der Waals surface area (Å²) in [6.45, 7) is 5.36. The first-order valence-corrected chi connectivity index (χ1v) is 9.52. The Balaban J connectivity index is 2.32. The summed E-state index contributed by atoms with van der Waals surface area (Å²) >= 11 is 3.87. The van der Waals surface area contributed by atoms with E-state index in [4.69, 9.17) is 4.74 Å². The van der Waals surface area contributed by atoms with E-state index in [0.717, 1.165) is 25.7 Å². The van der Waals surface area contributed by atoms with Crippen LogP contribution in [-0.2, 0) is 16.0 Å². The predicted molar refractivity (Wildman–Crippen MR) is 110 cm³/mol. The molecule has 0 fully saturated rings. The molecule has 0 aliphatic carbocycles. The van der Waals surface area contributed by atoms with Crippen molar-refractivity contribution in [3.8, 4) is 0 Å². The van der Waals surface area contributed by atoms with Gasteiger partial charge >= 0.3 is 6.09 Å². The number of alkyl carbamates (subject to hydrolysis) is 1. The summed E-state index contributed by atoms with van der Waals surface area (Å²) < 4.78 is 5.19. The van der Waals surface area contributed by atoms with Crippen LogP contribution in [0, 0.1) is 0 Å². The zero-order chi connectivity index (χ0) is 19.7. The summed E-state index contributed by atoms with van der Waals surface area (Å²) in [6, 6.07) is 7.94. The zero-order valence-corrected chi connectivity index (χ0v) is 17.4. The number of carbonyl (C=O) groups excluding carboxylic acids is 2. The van der Waals surface area contributed by atoms with Gasteiger partial charge in [-0.25, -0.2) is 4.79 Å². The molecule has 1 rings (SSSR count). The highest BCUT2D eigenvalue weighted by molar-refractivity contribution is 7.96. The van der Waals surface area contributed by atoms with Crippen molar-refractivity contribution in [3.05, 3.63) is 29.8 Å². The van der Waals surface area contributed by atoms with E-state index in [0.29, 0.717) is 6.42 Å². The third-order valence-corrected chi connectivity index (χ3v) is 4.21. The standard InChI is InChI=1S/C20H32N2O3S/c1-20(2,3)25-19(24)21-17(18(23)26)10-8-6-7-9-15-11-13-16(14-12-15)22(4)5/h11-14,17H,6-10H2,1-5H3,(H,21,24)(H,23,26)/t17-/m0/s1. The number of unbranched alkanes of at least 4 members (excludes halogenated alkanes) is 2. The van der Waals surface area contributed by atoms with Gasteiger partial charge < -0.3 is 15.0 Å². The van der Waals surface area contributed by atoms with Crippen LogP contribution in [0.25, 0.3) is 0 Å². The highest BCUT2D eigenvalue weighted by atomic mass is 32.1. The fourth-order valence-corrected chi connectivity index (χ4v) is 2.72. The van der Waals surface area contributed by atoms with Crippen molar-refractivity contribution in [2.75, 3.05) is 19.0 Å². The van der Waals surface area contributed by atoms with E-state index in [9.17, 15) is 9.59 Å². The number of benzene rings is 1. The van der Waals surface area contributed by atoms with Crippen molar-refractivity contribution in [2.24, 2.45) is 0 Å². The Morgan fingerprint density at radius 1 is 1.12 bits per heavy atom. The summed E-state index contributed by atoms with van der Waals surface area (Å²) in [5, 5.41) is 2.27. The van der Waals surface area contributed by atoms with Crippen molar-refractivity contribution in [2.45, 2.75) is 64.5 Å². The Morgan fingerprint density at radius 3 is 2.23 bits per heavy atom. The molecule has 0 aromatic heterocycles. The van der Waals surface area contributed by atoms with Gasteiger partial charge in [-0.05, 0) is 57.7 Å². The maximum absolute atomic E-state index is 11.8. The number of nitrogens with one attached hydrogen (secondary N) is 1. The second-order valence-electron chi connectivity index (χ2n) is 7.70. The lowest BCUT2D eigenvalue weighted by Crippen LogP contribution is -2.42. The van der Waals surface area contributed by atoms with Gasteiger partial charge in [0.25, 0.3) is 0 Å². The highest BCUT2D eigenvalue weighted by Gasteiger charge is 2.22. The first kappa shape index (κ1) is 22.4. The van der Waals surface area contributed by atoms with Crippen LogP contribution in [0.5, 0.6) is 0 Å². The summed E-state index contributed by atoms with van der Waals surface area (Å²) in [6.07, 6.45) is 3.88. The lowest BCUT2D eigenvalue weighted by atomic mass is 10.0. The van der Waals surface area contributed by atoms with E-state index in [1.54, 1.807) is 20.8 Å². The fourth-order valence-electron chi connectivity index (χ4n) is 2.52. The molecule has 0 spiro atoms. The molecule has 6 heteroatoms. The van der Waals surface area contributed by atoms with Crippen molar-refractivity contribution < 1.29 is 14.3 Å². The minimum absolute atomic E-state index is 0.338. The predicted octanol–water partition coefficient (Wildman–Crippen LogP) is 4.21. The van der Waals surface area contributed by atoms with Crippen LogP contribution < -0.4 is 10.2 Å². The van der Waals surface area contributed by atoms with E-state index in [1.165, 1.54) is 11.3 Å². The quantitative estimate of drug-likeness (QED) is 0.498. The Kier molecular flexibility index (Phi) is 8.99. The van der Waals surface area contributed by atoms with E-state index in [-0.39, 0.29) is 5.12 Å². The van der Waals surface area contributed by atoms with Gasteiger partial charge in [0.05, 0.1) is 0 Å². The average Bonchev–Trinajstić information content (AvgIpc) is 2.52. The average molecular weight is 381 g/mol. The van der Waals surface area contributed by atoms with Crippen LogP contribution >= 0.6 is 12.6 Å². The van der Waals surface area contributed by atoms with Crippen LogP contribution in [0.15, 0.2) is 24.3 Å². The van der Waals surface area contributed by atoms with Crippen molar-refractivity contribution in [3.63, 3.8) is 0 Å². The Labute approximate surface area is 162 Å². The second kappa shape index (κ2) is 10.5. The zero-order valence-electron chi connectivity index (χ0n) is 16.5. The third-order valence-electron chi connectivity index (χ3n) is 3.90. The molecule has 26 heavy (non-hydrogen) atoms. The molecule has 0 aliphatic heterocycles. The summed E-state index contributed by atoms with van der Waals surface area (Å²) in [5.74, 6) is 0. The molecule has 1 aromatic rings. The van der Waals surface area contributed by atoms with E-state index < -0.39 is 17.7 Å². The second-order valence-corrected chi connectivity index (χ2v) is 8.14. The number of aryl methyl sites for hydroxylation is 1. The molecule has 0 heterocycles. The molecular formula is C20H32N2O3S. The Hall–Kier alpha value is -1.69. The number of nitrogens with zero attached hydrogens (tertiary/aromatic N) is 1. The molecule has 0 saturated carbocycles. The Morgan fingerprint density at radius 2 is 1.73 bits per heavy atom. The third kappa shape index (κ3) is 9.13. The molecule has 5 nitrogen and oxygen atoms in total. The van der Waals surface area contributed by atoms with Crippen LogP contribution in [0.2, 0.25) is 0 Å². The number of thiol groups is 1. The smallest absolute Gasteiger partial charge is 0.408 e. The van der Waals surface area contributed by atoms with E-state index >= 15 is 0 Å².